The Hall–Kier alpha value is -2.04. The van der Waals surface area contributed by atoms with E-state index >= 15 is 0 Å². The molecule has 0 aliphatic carbocycles. The first-order chi connectivity index (χ1) is 7.08. The van der Waals surface area contributed by atoms with Crippen molar-refractivity contribution in [3.8, 4) is 5.75 Å². The molecule has 0 spiro atoms. The van der Waals surface area contributed by atoms with E-state index in [2.05, 4.69) is 5.32 Å². The van der Waals surface area contributed by atoms with Gasteiger partial charge in [0.05, 0.1) is 5.97 Å². The van der Waals surface area contributed by atoms with Gasteiger partial charge in [-0.1, -0.05) is 0 Å². The third-order valence-electron chi connectivity index (χ3n) is 1.53. The standard InChI is InChI=1S/C10H11NO4/c1-7(12)11-8-2-4-9(5-3-8)15-6-10(13)14/h2-5H,6H2,1H3,(H,11,12)(H,13,14)/p-1. The van der Waals surface area contributed by atoms with E-state index in [1.54, 1.807) is 24.3 Å². The summed E-state index contributed by atoms with van der Waals surface area (Å²) in [5, 5.41) is 12.7. The van der Waals surface area contributed by atoms with E-state index in [9.17, 15) is 14.7 Å². The quantitative estimate of drug-likeness (QED) is 0.741. The molecule has 1 amide bonds. The van der Waals surface area contributed by atoms with E-state index in [4.69, 9.17) is 4.74 Å². The van der Waals surface area contributed by atoms with Crippen LogP contribution in [-0.2, 0) is 9.59 Å². The number of benzene rings is 1. The number of nitrogens with one attached hydrogen (secondary N) is 1. The molecule has 1 N–H and O–H groups in total. The van der Waals surface area contributed by atoms with E-state index < -0.39 is 12.6 Å². The molecule has 1 aromatic carbocycles. The largest absolute Gasteiger partial charge is 0.546 e. The molecule has 5 nitrogen and oxygen atoms in total. The average Bonchev–Trinajstić information content (AvgIpc) is 2.16. The van der Waals surface area contributed by atoms with Gasteiger partial charge in [0.15, 0.2) is 0 Å². The lowest BCUT2D eigenvalue weighted by Crippen LogP contribution is -2.28. The number of hydrogen-bond donors (Lipinski definition) is 1. The molecule has 0 aromatic heterocycles. The first kappa shape index (κ1) is 11.0. The molecule has 1 rings (SSSR count). The first-order valence-corrected chi connectivity index (χ1v) is 4.28. The molecular formula is C10H10NO4-. The number of rotatable bonds is 4. The average molecular weight is 208 g/mol. The number of ether oxygens (including phenoxy) is 1. The predicted molar refractivity (Wildman–Crippen MR) is 51.2 cm³/mol. The van der Waals surface area contributed by atoms with Crippen molar-refractivity contribution in [2.75, 3.05) is 11.9 Å². The van der Waals surface area contributed by atoms with Gasteiger partial charge in [-0.2, -0.15) is 0 Å². The summed E-state index contributed by atoms with van der Waals surface area (Å²) in [4.78, 5) is 20.8. The van der Waals surface area contributed by atoms with Gasteiger partial charge in [-0.3, -0.25) is 4.79 Å². The van der Waals surface area contributed by atoms with Crippen LogP contribution in [0.3, 0.4) is 0 Å². The van der Waals surface area contributed by atoms with Crippen molar-refractivity contribution in [3.63, 3.8) is 0 Å². The normalized spacial score (nSPS) is 9.40. The van der Waals surface area contributed by atoms with Crippen LogP contribution in [0, 0.1) is 0 Å². The summed E-state index contributed by atoms with van der Waals surface area (Å²) in [6.45, 7) is 0.917. The molecule has 0 heterocycles. The number of carboxylic acids is 1. The van der Waals surface area contributed by atoms with Gasteiger partial charge >= 0.3 is 0 Å². The van der Waals surface area contributed by atoms with Crippen molar-refractivity contribution in [1.82, 2.24) is 0 Å². The SMILES string of the molecule is CC(=O)Nc1ccc(OCC(=O)[O-])cc1. The van der Waals surface area contributed by atoms with E-state index in [1.807, 2.05) is 0 Å². The second kappa shape index (κ2) is 4.99. The number of carbonyl (C=O) groups excluding carboxylic acids is 2. The second-order valence-electron chi connectivity index (χ2n) is 2.87. The summed E-state index contributed by atoms with van der Waals surface area (Å²) >= 11 is 0. The summed E-state index contributed by atoms with van der Waals surface area (Å²) in [6, 6.07) is 6.36. The van der Waals surface area contributed by atoms with Gasteiger partial charge in [-0.15, -0.1) is 0 Å². The molecule has 0 aliphatic heterocycles. The van der Waals surface area contributed by atoms with Crippen LogP contribution in [0.5, 0.6) is 5.75 Å². The molecular weight excluding hydrogens is 198 g/mol. The lowest BCUT2D eigenvalue weighted by Gasteiger charge is -2.07. The van der Waals surface area contributed by atoms with Crippen LogP contribution >= 0.6 is 0 Å². The molecule has 80 valence electrons. The van der Waals surface area contributed by atoms with Crippen molar-refractivity contribution in [1.29, 1.82) is 0 Å². The van der Waals surface area contributed by atoms with Crippen LogP contribution in [0.2, 0.25) is 0 Å². The first-order valence-electron chi connectivity index (χ1n) is 4.28. The third-order valence-corrected chi connectivity index (χ3v) is 1.53. The van der Waals surface area contributed by atoms with Crippen LogP contribution in [-0.4, -0.2) is 18.5 Å². The summed E-state index contributed by atoms with van der Waals surface area (Å²) < 4.78 is 4.85. The fourth-order valence-electron chi connectivity index (χ4n) is 0.980. The molecule has 0 aliphatic rings. The Labute approximate surface area is 86.7 Å². The maximum atomic E-state index is 10.7. The number of amides is 1. The highest BCUT2D eigenvalue weighted by atomic mass is 16.5. The maximum Gasteiger partial charge on any atom is 0.221 e. The zero-order valence-electron chi connectivity index (χ0n) is 8.15. The van der Waals surface area contributed by atoms with Gasteiger partial charge in [-0.05, 0) is 24.3 Å². The monoisotopic (exact) mass is 208 g/mol. The van der Waals surface area contributed by atoms with Crippen LogP contribution in [0.4, 0.5) is 5.69 Å². The Bertz CT molecular complexity index is 358. The molecule has 0 fully saturated rings. The van der Waals surface area contributed by atoms with Crippen LogP contribution < -0.4 is 15.2 Å². The maximum absolute atomic E-state index is 10.7. The molecule has 0 unspecified atom stereocenters. The number of aliphatic carboxylic acids is 1. The van der Waals surface area contributed by atoms with Gasteiger partial charge in [0, 0.05) is 12.6 Å². The number of carbonyl (C=O) groups is 2. The molecule has 0 atom stereocenters. The van der Waals surface area contributed by atoms with Gasteiger partial charge in [-0.25, -0.2) is 0 Å². The van der Waals surface area contributed by atoms with E-state index in [0.717, 1.165) is 0 Å². The number of hydrogen-bond acceptors (Lipinski definition) is 4. The van der Waals surface area contributed by atoms with Crippen molar-refractivity contribution >= 4 is 17.6 Å². The number of anilines is 1. The summed E-state index contributed by atoms with van der Waals surface area (Å²) in [5.41, 5.74) is 0.628. The van der Waals surface area contributed by atoms with Gasteiger partial charge in [0.2, 0.25) is 5.91 Å². The van der Waals surface area contributed by atoms with Crippen molar-refractivity contribution in [3.05, 3.63) is 24.3 Å². The van der Waals surface area contributed by atoms with Gasteiger partial charge in [0.25, 0.3) is 0 Å². The highest BCUT2D eigenvalue weighted by molar-refractivity contribution is 5.88. The summed E-state index contributed by atoms with van der Waals surface area (Å²) in [5.74, 6) is -1.03. The minimum Gasteiger partial charge on any atom is -0.546 e. The molecule has 0 saturated carbocycles. The minimum atomic E-state index is -1.28. The number of carboxylic acid groups (broad SMARTS) is 1. The Morgan fingerprint density at radius 1 is 1.33 bits per heavy atom. The molecule has 0 bridgehead atoms. The molecule has 1 aromatic rings. The molecule has 0 radical (unpaired) electrons. The summed E-state index contributed by atoms with van der Waals surface area (Å²) in [6.07, 6.45) is 0. The van der Waals surface area contributed by atoms with Gasteiger partial charge in [0.1, 0.15) is 12.4 Å². The Balaban J connectivity index is 2.56. The van der Waals surface area contributed by atoms with Crippen molar-refractivity contribution in [2.45, 2.75) is 6.92 Å². The van der Waals surface area contributed by atoms with E-state index in [1.165, 1.54) is 6.92 Å². The van der Waals surface area contributed by atoms with E-state index in [-0.39, 0.29) is 5.91 Å². The lowest BCUT2D eigenvalue weighted by molar-refractivity contribution is -0.307. The molecule has 15 heavy (non-hydrogen) atoms. The fraction of sp³-hybridized carbons (Fsp3) is 0.200. The topological polar surface area (TPSA) is 78.5 Å². The van der Waals surface area contributed by atoms with Gasteiger partial charge < -0.3 is 20.0 Å². The van der Waals surface area contributed by atoms with Crippen LogP contribution in [0.1, 0.15) is 6.92 Å². The zero-order valence-corrected chi connectivity index (χ0v) is 8.15. The fourth-order valence-corrected chi connectivity index (χ4v) is 0.980. The highest BCUT2D eigenvalue weighted by Crippen LogP contribution is 2.15. The second-order valence-corrected chi connectivity index (χ2v) is 2.87. The van der Waals surface area contributed by atoms with E-state index in [0.29, 0.717) is 11.4 Å². The Kier molecular flexibility index (Phi) is 3.68. The lowest BCUT2D eigenvalue weighted by atomic mass is 10.3. The molecule has 0 saturated heterocycles. The highest BCUT2D eigenvalue weighted by Gasteiger charge is 1.96. The Morgan fingerprint density at radius 3 is 2.40 bits per heavy atom. The van der Waals surface area contributed by atoms with Crippen molar-refractivity contribution < 1.29 is 19.4 Å². The third kappa shape index (κ3) is 4.12. The van der Waals surface area contributed by atoms with Crippen LogP contribution in [0.25, 0.3) is 0 Å². The Morgan fingerprint density at radius 2 is 1.93 bits per heavy atom. The smallest absolute Gasteiger partial charge is 0.221 e. The predicted octanol–water partition coefficient (Wildman–Crippen LogP) is -0.226. The van der Waals surface area contributed by atoms with Crippen molar-refractivity contribution in [2.24, 2.45) is 0 Å². The molecule has 5 heteroatoms. The minimum absolute atomic E-state index is 0.168. The van der Waals surface area contributed by atoms with Crippen LogP contribution in [0.15, 0.2) is 24.3 Å². The zero-order chi connectivity index (χ0) is 11.3. The summed E-state index contributed by atoms with van der Waals surface area (Å²) in [7, 11) is 0.